The van der Waals surface area contributed by atoms with Crippen LogP contribution in [0, 0.1) is 0 Å². The molecule has 0 fully saturated rings. The van der Waals surface area contributed by atoms with Gasteiger partial charge in [0.25, 0.3) is 0 Å². The summed E-state index contributed by atoms with van der Waals surface area (Å²) in [5.41, 5.74) is 1.84. The molecule has 0 atom stereocenters. The van der Waals surface area contributed by atoms with Gasteiger partial charge in [0, 0.05) is 35.7 Å². The number of nitrogens with zero attached hydrogens (tertiary/aromatic N) is 2. The maximum atomic E-state index is 10.1. The number of fused-ring (bicyclic) bond motifs is 1. The highest BCUT2D eigenvalue weighted by atomic mass is 16.5. The molecule has 0 bridgehead atoms. The van der Waals surface area contributed by atoms with Crippen molar-refractivity contribution >= 4 is 23.8 Å². The maximum Gasteiger partial charge on any atom is 0.171 e. The van der Waals surface area contributed by atoms with Crippen molar-refractivity contribution in [2.75, 3.05) is 0 Å². The van der Waals surface area contributed by atoms with Crippen LogP contribution in [0.15, 0.2) is 121 Å². The molecule has 2 N–H and O–H groups in total. The number of ether oxygens (including phenoxy) is 5. The van der Waals surface area contributed by atoms with Gasteiger partial charge in [-0.25, -0.2) is 0 Å². The van der Waals surface area contributed by atoms with E-state index in [0.29, 0.717) is 34.0 Å². The minimum absolute atomic E-state index is 0.0793. The summed E-state index contributed by atoms with van der Waals surface area (Å²) in [7, 11) is 0. The summed E-state index contributed by atoms with van der Waals surface area (Å²) < 4.78 is 26.7. The zero-order valence-electron chi connectivity index (χ0n) is 19.4. The van der Waals surface area contributed by atoms with Crippen LogP contribution >= 0.6 is 0 Å². The Bertz CT molecular complexity index is 1290. The molecular formula is C28H22N2O7. The SMILES string of the molecule is Oc1ccccc1C=Nc1cc2c(cc1N=Cc1ccccc1O)O/C=C\O/C=C\O/C=C\O/C=C\O2. The van der Waals surface area contributed by atoms with Gasteiger partial charge >= 0.3 is 0 Å². The molecule has 1 heterocycles. The van der Waals surface area contributed by atoms with E-state index < -0.39 is 0 Å². The van der Waals surface area contributed by atoms with E-state index in [2.05, 4.69) is 9.98 Å². The number of phenols is 2. The van der Waals surface area contributed by atoms with Crippen LogP contribution in [0.5, 0.6) is 23.0 Å². The summed E-state index contributed by atoms with van der Waals surface area (Å²) in [5.74, 6) is 0.744. The molecular weight excluding hydrogens is 476 g/mol. The molecule has 9 nitrogen and oxygen atoms in total. The summed E-state index contributed by atoms with van der Waals surface area (Å²) in [4.78, 5) is 9.04. The van der Waals surface area contributed by atoms with E-state index in [4.69, 9.17) is 23.7 Å². The van der Waals surface area contributed by atoms with Gasteiger partial charge in [-0.3, -0.25) is 9.98 Å². The lowest BCUT2D eigenvalue weighted by Gasteiger charge is -2.11. The topological polar surface area (TPSA) is 111 Å². The van der Waals surface area contributed by atoms with Crippen LogP contribution in [-0.2, 0) is 14.2 Å². The van der Waals surface area contributed by atoms with Crippen molar-refractivity contribution in [3.05, 3.63) is 122 Å². The number of aliphatic imine (C=N–C) groups is 2. The van der Waals surface area contributed by atoms with Crippen LogP contribution < -0.4 is 9.47 Å². The monoisotopic (exact) mass is 498 g/mol. The average Bonchev–Trinajstić information content (AvgIpc) is 2.92. The third kappa shape index (κ3) is 7.27. The van der Waals surface area contributed by atoms with Gasteiger partial charge in [-0.05, 0) is 24.3 Å². The van der Waals surface area contributed by atoms with E-state index in [1.165, 1.54) is 62.5 Å². The van der Waals surface area contributed by atoms with Gasteiger partial charge in [0.2, 0.25) is 0 Å². The highest BCUT2D eigenvalue weighted by Crippen LogP contribution is 2.40. The largest absolute Gasteiger partial charge is 0.507 e. The lowest BCUT2D eigenvalue weighted by Crippen LogP contribution is -1.91. The van der Waals surface area contributed by atoms with Crippen LogP contribution in [0.3, 0.4) is 0 Å². The Morgan fingerprint density at radius 1 is 0.514 bits per heavy atom. The van der Waals surface area contributed by atoms with Crippen molar-refractivity contribution in [1.82, 2.24) is 0 Å². The van der Waals surface area contributed by atoms with Gasteiger partial charge in [0.1, 0.15) is 61.6 Å². The summed E-state index contributed by atoms with van der Waals surface area (Å²) in [6.45, 7) is 0. The fourth-order valence-corrected chi connectivity index (χ4v) is 2.93. The summed E-state index contributed by atoms with van der Waals surface area (Å²) in [6, 6.07) is 16.8. The molecule has 0 aromatic heterocycles. The number of aromatic hydroxyl groups is 2. The van der Waals surface area contributed by atoms with E-state index in [1.807, 2.05) is 0 Å². The van der Waals surface area contributed by atoms with Crippen LogP contribution in [-0.4, -0.2) is 22.6 Å². The van der Waals surface area contributed by atoms with Crippen molar-refractivity contribution in [3.63, 3.8) is 0 Å². The Balaban J connectivity index is 1.75. The number of phenolic OH excluding ortho intramolecular Hbond substituents is 2. The first-order chi connectivity index (χ1) is 18.2. The molecule has 1 aliphatic heterocycles. The number of hydrogen-bond acceptors (Lipinski definition) is 9. The van der Waals surface area contributed by atoms with Gasteiger partial charge in [0.15, 0.2) is 11.5 Å². The van der Waals surface area contributed by atoms with Gasteiger partial charge in [-0.15, -0.1) is 0 Å². The molecule has 0 saturated heterocycles. The van der Waals surface area contributed by atoms with E-state index in [1.54, 1.807) is 60.7 Å². The van der Waals surface area contributed by atoms with Crippen LogP contribution in [0.1, 0.15) is 11.1 Å². The first-order valence-electron chi connectivity index (χ1n) is 10.9. The lowest BCUT2D eigenvalue weighted by atomic mass is 10.2. The Morgan fingerprint density at radius 3 is 1.30 bits per heavy atom. The van der Waals surface area contributed by atoms with Crippen molar-refractivity contribution in [3.8, 4) is 23.0 Å². The highest BCUT2D eigenvalue weighted by molar-refractivity contribution is 5.90. The zero-order chi connectivity index (χ0) is 25.7. The second kappa shape index (κ2) is 12.9. The van der Waals surface area contributed by atoms with E-state index in [9.17, 15) is 10.2 Å². The van der Waals surface area contributed by atoms with Crippen LogP contribution in [0.4, 0.5) is 11.4 Å². The Hall–Kier alpha value is -5.44. The van der Waals surface area contributed by atoms with E-state index >= 15 is 0 Å². The van der Waals surface area contributed by atoms with Gasteiger partial charge in [-0.1, -0.05) is 24.3 Å². The lowest BCUT2D eigenvalue weighted by molar-refractivity contribution is 0.316. The van der Waals surface area contributed by atoms with Crippen molar-refractivity contribution in [2.45, 2.75) is 0 Å². The minimum Gasteiger partial charge on any atom is -0.507 e. The first-order valence-corrected chi connectivity index (χ1v) is 10.9. The molecule has 3 aromatic carbocycles. The van der Waals surface area contributed by atoms with Crippen LogP contribution in [0.25, 0.3) is 0 Å². The quantitative estimate of drug-likeness (QED) is 0.406. The standard InChI is InChI=1S/C28H22N2O7/c31-25-7-3-1-5-21(25)19-29-23-17-27-28(18-24(23)30-20-22-6-2-4-8-26(22)32)37-16-14-35-12-10-33-9-11-34-13-15-36-27/h1-20,31-32H/b11-9-,12-10-,15-13-,16-14-,29-19?,30-20?. The molecule has 186 valence electrons. The molecule has 9 heteroatoms. The Morgan fingerprint density at radius 2 is 0.892 bits per heavy atom. The molecule has 1 aliphatic rings. The number of hydrogen-bond donors (Lipinski definition) is 2. The number of rotatable bonds is 4. The van der Waals surface area contributed by atoms with E-state index in [0.717, 1.165) is 0 Å². The average molecular weight is 498 g/mol. The third-order valence-electron chi connectivity index (χ3n) is 4.68. The second-order valence-electron chi connectivity index (χ2n) is 7.15. The summed E-state index contributed by atoms with van der Waals surface area (Å²) in [5, 5.41) is 20.2. The predicted molar refractivity (Wildman–Crippen MR) is 138 cm³/mol. The van der Waals surface area contributed by atoms with E-state index in [-0.39, 0.29) is 11.5 Å². The second-order valence-corrected chi connectivity index (χ2v) is 7.15. The van der Waals surface area contributed by atoms with Gasteiger partial charge in [0.05, 0.1) is 11.4 Å². The van der Waals surface area contributed by atoms with Crippen molar-refractivity contribution < 1.29 is 33.9 Å². The van der Waals surface area contributed by atoms with Crippen molar-refractivity contribution in [1.29, 1.82) is 0 Å². The predicted octanol–water partition coefficient (Wildman–Crippen LogP) is 6.30. The molecule has 0 spiro atoms. The smallest absolute Gasteiger partial charge is 0.171 e. The number of benzene rings is 3. The molecule has 4 rings (SSSR count). The highest BCUT2D eigenvalue weighted by Gasteiger charge is 2.12. The summed E-state index contributed by atoms with van der Waals surface area (Å²) >= 11 is 0. The normalized spacial score (nSPS) is 17.0. The Kier molecular flexibility index (Phi) is 8.58. The molecule has 0 aliphatic carbocycles. The van der Waals surface area contributed by atoms with Crippen molar-refractivity contribution in [2.24, 2.45) is 9.98 Å². The third-order valence-corrected chi connectivity index (χ3v) is 4.68. The van der Waals surface area contributed by atoms with Gasteiger partial charge < -0.3 is 33.9 Å². The first kappa shape index (κ1) is 24.7. The fraction of sp³-hybridized carbons (Fsp3) is 0. The molecule has 0 saturated carbocycles. The zero-order valence-corrected chi connectivity index (χ0v) is 19.4. The maximum absolute atomic E-state index is 10.1. The fourth-order valence-electron chi connectivity index (χ4n) is 2.93. The minimum atomic E-state index is 0.0793. The van der Waals surface area contributed by atoms with Crippen LogP contribution in [0.2, 0.25) is 0 Å². The summed E-state index contributed by atoms with van der Waals surface area (Å²) in [6.07, 6.45) is 13.4. The molecule has 0 radical (unpaired) electrons. The molecule has 37 heavy (non-hydrogen) atoms. The molecule has 0 amide bonds. The number of para-hydroxylation sites is 2. The Labute approximate surface area is 212 Å². The molecule has 0 unspecified atom stereocenters. The van der Waals surface area contributed by atoms with Gasteiger partial charge in [-0.2, -0.15) is 0 Å². The molecule has 3 aromatic rings.